The van der Waals surface area contributed by atoms with Gasteiger partial charge in [-0.2, -0.15) is 0 Å². The minimum atomic E-state index is -0.429. The fraction of sp³-hybridized carbons (Fsp3) is 0.316. The molecule has 0 heterocycles. The van der Waals surface area contributed by atoms with Crippen LogP contribution in [0.15, 0.2) is 29.2 Å². The van der Waals surface area contributed by atoms with E-state index >= 15 is 0 Å². The molecule has 2 rings (SSSR count). The van der Waals surface area contributed by atoms with Gasteiger partial charge in [0.25, 0.3) is 0 Å². The second kappa shape index (κ2) is 7.58. The van der Waals surface area contributed by atoms with Gasteiger partial charge in [0.15, 0.2) is 0 Å². The average molecular weight is 366 g/mol. The van der Waals surface area contributed by atoms with Gasteiger partial charge < -0.3 is 5.32 Å². The second-order valence-corrected chi connectivity index (χ2v) is 7.72. The first-order valence-electron chi connectivity index (χ1n) is 7.70. The zero-order valence-corrected chi connectivity index (χ0v) is 16.0. The summed E-state index contributed by atoms with van der Waals surface area (Å²) < 4.78 is 13.1. The van der Waals surface area contributed by atoms with Crippen LogP contribution in [-0.4, -0.2) is 11.2 Å². The maximum atomic E-state index is 13.1. The van der Waals surface area contributed by atoms with Crippen molar-refractivity contribution in [3.8, 4) is 0 Å². The lowest BCUT2D eigenvalue weighted by atomic mass is 10.0. The Labute approximate surface area is 151 Å². The molecule has 0 fully saturated rings. The molecule has 0 aromatic heterocycles. The van der Waals surface area contributed by atoms with Crippen LogP contribution in [0.1, 0.15) is 29.2 Å². The van der Waals surface area contributed by atoms with Crippen LogP contribution in [0.5, 0.6) is 0 Å². The van der Waals surface area contributed by atoms with E-state index in [0.29, 0.717) is 5.69 Å². The highest BCUT2D eigenvalue weighted by molar-refractivity contribution is 8.00. The van der Waals surface area contributed by atoms with Crippen LogP contribution in [0.4, 0.5) is 10.1 Å². The summed E-state index contributed by atoms with van der Waals surface area (Å²) in [6, 6.07) is 6.10. The zero-order valence-electron chi connectivity index (χ0n) is 14.5. The Morgan fingerprint density at radius 2 is 1.71 bits per heavy atom. The van der Waals surface area contributed by atoms with Crippen molar-refractivity contribution in [3.63, 3.8) is 0 Å². The molecule has 1 amide bonds. The first-order valence-corrected chi connectivity index (χ1v) is 8.96. The third kappa shape index (κ3) is 4.11. The van der Waals surface area contributed by atoms with E-state index in [9.17, 15) is 9.18 Å². The Kier molecular flexibility index (Phi) is 5.94. The van der Waals surface area contributed by atoms with Gasteiger partial charge in [0.1, 0.15) is 5.82 Å². The minimum absolute atomic E-state index is 0.161. The number of benzene rings is 2. The molecule has 1 atom stereocenters. The summed E-state index contributed by atoms with van der Waals surface area (Å²) in [5.74, 6) is -0.589. The van der Waals surface area contributed by atoms with E-state index in [1.165, 1.54) is 52.2 Å². The molecular weight excluding hydrogens is 345 g/mol. The lowest BCUT2D eigenvalue weighted by Crippen LogP contribution is -2.23. The van der Waals surface area contributed by atoms with Gasteiger partial charge in [-0.1, -0.05) is 17.7 Å². The molecule has 0 aliphatic rings. The van der Waals surface area contributed by atoms with Crippen molar-refractivity contribution >= 4 is 35.0 Å². The predicted octanol–water partition coefficient (Wildman–Crippen LogP) is 5.83. The zero-order chi connectivity index (χ0) is 18.0. The molecule has 0 aliphatic heterocycles. The van der Waals surface area contributed by atoms with Crippen LogP contribution < -0.4 is 5.32 Å². The Hall–Kier alpha value is -1.52. The topological polar surface area (TPSA) is 29.1 Å². The van der Waals surface area contributed by atoms with Crippen molar-refractivity contribution in [3.05, 3.63) is 57.4 Å². The fourth-order valence-electron chi connectivity index (χ4n) is 2.41. The van der Waals surface area contributed by atoms with Crippen LogP contribution in [0.2, 0.25) is 5.02 Å². The predicted molar refractivity (Wildman–Crippen MR) is 101 cm³/mol. The summed E-state index contributed by atoms with van der Waals surface area (Å²) >= 11 is 7.50. The highest BCUT2D eigenvalue weighted by Gasteiger charge is 2.19. The van der Waals surface area contributed by atoms with Crippen LogP contribution in [0, 0.1) is 33.5 Å². The van der Waals surface area contributed by atoms with E-state index < -0.39 is 5.82 Å². The number of carbonyl (C=O) groups excluding carboxylic acids is 1. The molecule has 128 valence electrons. The first kappa shape index (κ1) is 18.8. The van der Waals surface area contributed by atoms with Crippen LogP contribution >= 0.6 is 23.4 Å². The van der Waals surface area contributed by atoms with Crippen LogP contribution in [0.3, 0.4) is 0 Å². The van der Waals surface area contributed by atoms with Crippen LogP contribution in [-0.2, 0) is 4.79 Å². The molecule has 0 aliphatic carbocycles. The van der Waals surface area contributed by atoms with Gasteiger partial charge in [0, 0.05) is 4.90 Å². The van der Waals surface area contributed by atoms with Crippen molar-refractivity contribution < 1.29 is 9.18 Å². The summed E-state index contributed by atoms with van der Waals surface area (Å²) in [4.78, 5) is 13.6. The van der Waals surface area contributed by atoms with E-state index in [0.717, 1.165) is 4.90 Å². The van der Waals surface area contributed by atoms with Gasteiger partial charge in [-0.15, -0.1) is 11.8 Å². The highest BCUT2D eigenvalue weighted by atomic mass is 35.5. The van der Waals surface area contributed by atoms with Crippen molar-refractivity contribution in [2.45, 2.75) is 44.8 Å². The van der Waals surface area contributed by atoms with E-state index in [4.69, 9.17) is 11.6 Å². The molecule has 24 heavy (non-hydrogen) atoms. The summed E-state index contributed by atoms with van der Waals surface area (Å²) in [7, 11) is 0. The largest absolute Gasteiger partial charge is 0.324 e. The molecule has 0 unspecified atom stereocenters. The van der Waals surface area contributed by atoms with Crippen molar-refractivity contribution in [1.82, 2.24) is 0 Å². The van der Waals surface area contributed by atoms with Gasteiger partial charge in [-0.05, 0) is 75.1 Å². The molecule has 0 saturated heterocycles. The lowest BCUT2D eigenvalue weighted by Gasteiger charge is -2.18. The Bertz CT molecular complexity index is 765. The SMILES string of the molecule is Cc1cc(C)c(C)c(S[C@H](C)C(=O)Nc2ccc(F)cc2Cl)c1C. The number of thioether (sulfide) groups is 1. The van der Waals surface area contributed by atoms with Crippen molar-refractivity contribution in [2.24, 2.45) is 0 Å². The average Bonchev–Trinajstić information content (AvgIpc) is 2.52. The summed E-state index contributed by atoms with van der Waals surface area (Å²) in [6.07, 6.45) is 0. The van der Waals surface area contributed by atoms with Crippen molar-refractivity contribution in [1.29, 1.82) is 0 Å². The van der Waals surface area contributed by atoms with Gasteiger partial charge in [-0.25, -0.2) is 4.39 Å². The molecule has 2 aromatic rings. The molecule has 0 bridgehead atoms. The number of hydrogen-bond acceptors (Lipinski definition) is 2. The van der Waals surface area contributed by atoms with Gasteiger partial charge in [0.05, 0.1) is 16.0 Å². The standard InChI is InChI=1S/C19H21ClFNOS/c1-10-8-11(2)13(4)18(12(10)3)24-14(5)19(23)22-17-7-6-15(21)9-16(17)20/h6-9,14H,1-5H3,(H,22,23)/t14-/m1/s1. The van der Waals surface area contributed by atoms with Gasteiger partial charge >= 0.3 is 0 Å². The number of anilines is 1. The Morgan fingerprint density at radius 3 is 2.25 bits per heavy atom. The van der Waals surface area contributed by atoms with E-state index in [2.05, 4.69) is 39.1 Å². The smallest absolute Gasteiger partial charge is 0.237 e. The van der Waals surface area contributed by atoms with E-state index in [-0.39, 0.29) is 16.2 Å². The lowest BCUT2D eigenvalue weighted by molar-refractivity contribution is -0.115. The molecule has 0 spiro atoms. The van der Waals surface area contributed by atoms with Gasteiger partial charge in [-0.3, -0.25) is 4.79 Å². The summed E-state index contributed by atoms with van der Waals surface area (Å²) in [6.45, 7) is 10.2. The third-order valence-electron chi connectivity index (χ3n) is 4.15. The normalized spacial score (nSPS) is 12.1. The number of rotatable bonds is 4. The fourth-order valence-corrected chi connectivity index (χ4v) is 3.82. The number of nitrogens with one attached hydrogen (secondary N) is 1. The molecule has 1 N–H and O–H groups in total. The van der Waals surface area contributed by atoms with Crippen molar-refractivity contribution in [2.75, 3.05) is 5.32 Å². The number of aryl methyl sites for hydroxylation is 2. The number of halogens is 2. The minimum Gasteiger partial charge on any atom is -0.324 e. The Balaban J connectivity index is 2.18. The van der Waals surface area contributed by atoms with Gasteiger partial charge in [0.2, 0.25) is 5.91 Å². The number of carbonyl (C=O) groups is 1. The molecular formula is C19H21ClFNOS. The molecule has 5 heteroatoms. The monoisotopic (exact) mass is 365 g/mol. The molecule has 0 radical (unpaired) electrons. The maximum Gasteiger partial charge on any atom is 0.237 e. The second-order valence-electron chi connectivity index (χ2n) is 5.96. The highest BCUT2D eigenvalue weighted by Crippen LogP contribution is 2.34. The Morgan fingerprint density at radius 1 is 1.12 bits per heavy atom. The summed E-state index contributed by atoms with van der Waals surface area (Å²) in [5, 5.41) is 2.66. The quantitative estimate of drug-likeness (QED) is 0.690. The van der Waals surface area contributed by atoms with E-state index in [1.807, 2.05) is 6.92 Å². The molecule has 2 nitrogen and oxygen atoms in total. The maximum absolute atomic E-state index is 13.1. The van der Waals surface area contributed by atoms with E-state index in [1.54, 1.807) is 0 Å². The van der Waals surface area contributed by atoms with Crippen LogP contribution in [0.25, 0.3) is 0 Å². The number of hydrogen-bond donors (Lipinski definition) is 1. The molecule has 0 saturated carbocycles. The number of amides is 1. The molecule has 2 aromatic carbocycles. The summed E-state index contributed by atoms with van der Waals surface area (Å²) in [5.41, 5.74) is 5.25. The first-order chi connectivity index (χ1) is 11.2. The third-order valence-corrected chi connectivity index (χ3v) is 5.88.